The lowest BCUT2D eigenvalue weighted by Gasteiger charge is -2.22. The molecule has 2 unspecified atom stereocenters. The summed E-state index contributed by atoms with van der Waals surface area (Å²) in [7, 11) is -3.85. The van der Waals surface area contributed by atoms with Crippen LogP contribution in [-0.2, 0) is 25.5 Å². The van der Waals surface area contributed by atoms with Crippen molar-refractivity contribution in [3.8, 4) is 0 Å². The van der Waals surface area contributed by atoms with Crippen molar-refractivity contribution in [2.24, 2.45) is 0 Å². The largest absolute Gasteiger partial charge is 0.465 e. The number of alkyl halides is 3. The summed E-state index contributed by atoms with van der Waals surface area (Å²) < 4.78 is 66.4. The molecule has 0 radical (unpaired) electrons. The highest BCUT2D eigenvalue weighted by Gasteiger charge is 2.38. The Morgan fingerprint density at radius 3 is 2.17 bits per heavy atom. The van der Waals surface area contributed by atoms with E-state index >= 15 is 0 Å². The van der Waals surface area contributed by atoms with Crippen molar-refractivity contribution in [1.82, 2.24) is 0 Å². The summed E-state index contributed by atoms with van der Waals surface area (Å²) >= 11 is 0. The molecule has 2 atom stereocenters. The van der Waals surface area contributed by atoms with E-state index in [1.54, 1.807) is 0 Å². The van der Waals surface area contributed by atoms with Crippen LogP contribution in [0.15, 0.2) is 36.9 Å². The van der Waals surface area contributed by atoms with Crippen LogP contribution >= 0.6 is 0 Å². The molecule has 1 aromatic rings. The number of hydrogen-bond acceptors (Lipinski definition) is 4. The highest BCUT2D eigenvalue weighted by molar-refractivity contribution is 7.92. The van der Waals surface area contributed by atoms with Crippen molar-refractivity contribution >= 4 is 15.8 Å². The Balaban J connectivity index is 3.28. The SMILES string of the molecule is C=CC(c1ccc(C(F)(F)F)cc1)C(C(=O)OCC)S(C)(=O)=O. The highest BCUT2D eigenvalue weighted by atomic mass is 32.2. The van der Waals surface area contributed by atoms with Crippen LogP contribution in [0, 0.1) is 0 Å². The smallest absolute Gasteiger partial charge is 0.416 e. The van der Waals surface area contributed by atoms with Crippen molar-refractivity contribution in [2.45, 2.75) is 24.3 Å². The van der Waals surface area contributed by atoms with Crippen LogP contribution in [0.3, 0.4) is 0 Å². The third-order valence-electron chi connectivity index (χ3n) is 3.18. The van der Waals surface area contributed by atoms with Gasteiger partial charge < -0.3 is 4.74 Å². The van der Waals surface area contributed by atoms with E-state index in [0.717, 1.165) is 30.5 Å². The van der Waals surface area contributed by atoms with Gasteiger partial charge in [-0.3, -0.25) is 4.79 Å². The Morgan fingerprint density at radius 2 is 1.83 bits per heavy atom. The predicted octanol–water partition coefficient (Wildman–Crippen LogP) is 2.95. The lowest BCUT2D eigenvalue weighted by Crippen LogP contribution is -2.36. The standard InChI is InChI=1S/C15H17F3O4S/c1-4-12(13(23(3,20)21)14(19)22-5-2)10-6-8-11(9-7-10)15(16,17)18/h4,6-9,12-13H,1,5H2,2-3H3. The van der Waals surface area contributed by atoms with Crippen molar-refractivity contribution in [1.29, 1.82) is 0 Å². The molecule has 0 aliphatic carbocycles. The van der Waals surface area contributed by atoms with E-state index in [2.05, 4.69) is 6.58 Å². The average molecular weight is 350 g/mol. The summed E-state index contributed by atoms with van der Waals surface area (Å²) in [5.74, 6) is -1.97. The first-order valence-electron chi connectivity index (χ1n) is 6.67. The lowest BCUT2D eigenvalue weighted by atomic mass is 9.94. The van der Waals surface area contributed by atoms with Gasteiger partial charge in [0.15, 0.2) is 15.1 Å². The van der Waals surface area contributed by atoms with Gasteiger partial charge in [0.2, 0.25) is 0 Å². The molecule has 1 rings (SSSR count). The molecule has 0 aliphatic heterocycles. The van der Waals surface area contributed by atoms with Gasteiger partial charge in [-0.1, -0.05) is 18.2 Å². The fraction of sp³-hybridized carbons (Fsp3) is 0.400. The van der Waals surface area contributed by atoms with Gasteiger partial charge in [-0.15, -0.1) is 6.58 Å². The molecule has 0 amide bonds. The van der Waals surface area contributed by atoms with Crippen LogP contribution in [0.4, 0.5) is 13.2 Å². The number of benzene rings is 1. The molecule has 0 N–H and O–H groups in total. The van der Waals surface area contributed by atoms with E-state index in [9.17, 15) is 26.4 Å². The molecule has 4 nitrogen and oxygen atoms in total. The molecule has 0 heterocycles. The zero-order chi connectivity index (χ0) is 17.8. The minimum absolute atomic E-state index is 0.0122. The second kappa shape index (κ2) is 7.16. The summed E-state index contributed by atoms with van der Waals surface area (Å²) in [6, 6.07) is 3.92. The van der Waals surface area contributed by atoms with Gasteiger partial charge in [0.05, 0.1) is 12.2 Å². The quantitative estimate of drug-likeness (QED) is 0.585. The molecular formula is C15H17F3O4S. The molecule has 0 saturated heterocycles. The topological polar surface area (TPSA) is 60.4 Å². The maximum Gasteiger partial charge on any atom is 0.416 e. The van der Waals surface area contributed by atoms with Gasteiger partial charge in [0.1, 0.15) is 0 Å². The number of esters is 1. The maximum absolute atomic E-state index is 12.6. The summed E-state index contributed by atoms with van der Waals surface area (Å²) in [6.07, 6.45) is -2.42. The number of halogens is 3. The molecule has 0 fully saturated rings. The number of allylic oxidation sites excluding steroid dienone is 1. The third kappa shape index (κ3) is 4.82. The first-order chi connectivity index (χ1) is 10.5. The normalized spacial score (nSPS) is 14.8. The van der Waals surface area contributed by atoms with E-state index in [4.69, 9.17) is 4.74 Å². The lowest BCUT2D eigenvalue weighted by molar-refractivity contribution is -0.143. The van der Waals surface area contributed by atoms with Crippen molar-refractivity contribution in [3.63, 3.8) is 0 Å². The Kier molecular flexibility index (Phi) is 5.98. The summed E-state index contributed by atoms with van der Waals surface area (Å²) in [6.45, 7) is 5.00. The number of rotatable bonds is 6. The second-order valence-corrected chi connectivity index (χ2v) is 7.05. The zero-order valence-electron chi connectivity index (χ0n) is 12.6. The first-order valence-corrected chi connectivity index (χ1v) is 8.63. The second-order valence-electron chi connectivity index (χ2n) is 4.88. The molecule has 1 aromatic carbocycles. The minimum Gasteiger partial charge on any atom is -0.465 e. The van der Waals surface area contributed by atoms with Crippen molar-refractivity contribution in [2.75, 3.05) is 12.9 Å². The number of sulfone groups is 1. The predicted molar refractivity (Wildman–Crippen MR) is 79.6 cm³/mol. The van der Waals surface area contributed by atoms with E-state index < -0.39 is 38.7 Å². The Bertz CT molecular complexity index is 663. The van der Waals surface area contributed by atoms with Gasteiger partial charge in [-0.25, -0.2) is 8.42 Å². The van der Waals surface area contributed by atoms with Crippen LogP contribution in [0.25, 0.3) is 0 Å². The van der Waals surface area contributed by atoms with Gasteiger partial charge in [0.25, 0.3) is 0 Å². The van der Waals surface area contributed by atoms with Gasteiger partial charge in [-0.2, -0.15) is 13.2 Å². The molecule has 0 spiro atoms. The van der Waals surface area contributed by atoms with Crippen LogP contribution in [0.1, 0.15) is 24.0 Å². The van der Waals surface area contributed by atoms with Gasteiger partial charge in [0, 0.05) is 12.2 Å². The van der Waals surface area contributed by atoms with Gasteiger partial charge in [-0.05, 0) is 24.6 Å². The number of carbonyl (C=O) groups excluding carboxylic acids is 1. The summed E-state index contributed by atoms with van der Waals surface area (Å²) in [4.78, 5) is 12.0. The van der Waals surface area contributed by atoms with Crippen molar-refractivity contribution < 1.29 is 31.1 Å². The molecule has 8 heteroatoms. The molecular weight excluding hydrogens is 333 g/mol. The molecule has 0 aliphatic rings. The summed E-state index contributed by atoms with van der Waals surface area (Å²) in [5.41, 5.74) is -0.632. The summed E-state index contributed by atoms with van der Waals surface area (Å²) in [5, 5.41) is -1.56. The molecule has 0 saturated carbocycles. The maximum atomic E-state index is 12.6. The number of carbonyl (C=O) groups is 1. The highest BCUT2D eigenvalue weighted by Crippen LogP contribution is 2.32. The Hall–Kier alpha value is -1.83. The monoisotopic (exact) mass is 350 g/mol. The van der Waals surface area contributed by atoms with E-state index in [1.807, 2.05) is 0 Å². The fourth-order valence-electron chi connectivity index (χ4n) is 2.14. The molecule has 0 bridgehead atoms. The molecule has 0 aromatic heterocycles. The number of hydrogen-bond donors (Lipinski definition) is 0. The van der Waals surface area contributed by atoms with Gasteiger partial charge >= 0.3 is 12.1 Å². The van der Waals surface area contributed by atoms with E-state index in [1.165, 1.54) is 13.0 Å². The van der Waals surface area contributed by atoms with E-state index in [0.29, 0.717) is 0 Å². The van der Waals surface area contributed by atoms with Crippen LogP contribution in [0.5, 0.6) is 0 Å². The Labute approximate surface area is 132 Å². The zero-order valence-corrected chi connectivity index (χ0v) is 13.4. The third-order valence-corrected chi connectivity index (χ3v) is 4.59. The number of ether oxygens (including phenoxy) is 1. The van der Waals surface area contributed by atoms with Crippen LogP contribution in [-0.4, -0.2) is 32.5 Å². The first kappa shape index (κ1) is 19.2. The molecule has 23 heavy (non-hydrogen) atoms. The fourth-order valence-corrected chi connectivity index (χ4v) is 3.36. The van der Waals surface area contributed by atoms with Crippen LogP contribution < -0.4 is 0 Å². The molecule has 128 valence electrons. The minimum atomic E-state index is -4.50. The van der Waals surface area contributed by atoms with E-state index in [-0.39, 0.29) is 12.2 Å². The Morgan fingerprint density at radius 1 is 1.30 bits per heavy atom. The average Bonchev–Trinajstić information content (AvgIpc) is 2.42. The van der Waals surface area contributed by atoms with Crippen LogP contribution in [0.2, 0.25) is 0 Å². The van der Waals surface area contributed by atoms with Crippen molar-refractivity contribution in [3.05, 3.63) is 48.0 Å².